The van der Waals surface area contributed by atoms with Crippen LogP contribution in [0, 0.1) is 5.82 Å². The Morgan fingerprint density at radius 2 is 1.89 bits per heavy atom. The summed E-state index contributed by atoms with van der Waals surface area (Å²) in [5.41, 5.74) is 2.06. The predicted octanol–water partition coefficient (Wildman–Crippen LogP) is 2.97. The standard InChI is InChI=1S/C21H21FN2O3/c1-27-18-7-8-19-16(13-18)12-15(21(26)24-19)4-9-20(25)23-11-10-14-2-5-17(22)6-3-14/h2-3,5-8,12-13H,4,9-11H2,1H3,(H,23,25)(H,24,26). The third-order valence-corrected chi connectivity index (χ3v) is 4.40. The van der Waals surface area contributed by atoms with Gasteiger partial charge >= 0.3 is 0 Å². The second-order valence-corrected chi connectivity index (χ2v) is 6.30. The highest BCUT2D eigenvalue weighted by molar-refractivity contribution is 5.81. The average molecular weight is 368 g/mol. The van der Waals surface area contributed by atoms with Gasteiger partial charge in [-0.05, 0) is 54.8 Å². The lowest BCUT2D eigenvalue weighted by Crippen LogP contribution is -2.26. The molecule has 0 bridgehead atoms. The number of rotatable bonds is 7. The van der Waals surface area contributed by atoms with Crippen LogP contribution in [0.2, 0.25) is 0 Å². The molecule has 0 atom stereocenters. The van der Waals surface area contributed by atoms with Crippen molar-refractivity contribution >= 4 is 16.8 Å². The Morgan fingerprint density at radius 1 is 1.11 bits per heavy atom. The maximum Gasteiger partial charge on any atom is 0.251 e. The van der Waals surface area contributed by atoms with Crippen molar-refractivity contribution in [3.63, 3.8) is 0 Å². The number of hydrogen-bond donors (Lipinski definition) is 2. The number of fused-ring (bicyclic) bond motifs is 1. The molecule has 27 heavy (non-hydrogen) atoms. The number of benzene rings is 2. The number of carbonyl (C=O) groups is 1. The molecule has 2 aromatic carbocycles. The summed E-state index contributed by atoms with van der Waals surface area (Å²) in [5, 5.41) is 3.69. The van der Waals surface area contributed by atoms with Gasteiger partial charge in [0, 0.05) is 29.4 Å². The van der Waals surface area contributed by atoms with Gasteiger partial charge in [-0.3, -0.25) is 9.59 Å². The minimum Gasteiger partial charge on any atom is -0.497 e. The Bertz CT molecular complexity index is 996. The molecule has 0 aliphatic rings. The number of aromatic amines is 1. The topological polar surface area (TPSA) is 71.2 Å². The van der Waals surface area contributed by atoms with Crippen LogP contribution in [-0.2, 0) is 17.6 Å². The highest BCUT2D eigenvalue weighted by atomic mass is 19.1. The number of methoxy groups -OCH3 is 1. The van der Waals surface area contributed by atoms with Gasteiger partial charge in [-0.25, -0.2) is 4.39 Å². The molecular weight excluding hydrogens is 347 g/mol. The number of nitrogens with one attached hydrogen (secondary N) is 2. The number of H-pyrrole nitrogens is 1. The van der Waals surface area contributed by atoms with E-state index in [0.717, 1.165) is 16.5 Å². The minimum atomic E-state index is -0.277. The van der Waals surface area contributed by atoms with Crippen molar-refractivity contribution in [2.45, 2.75) is 19.3 Å². The van der Waals surface area contributed by atoms with Gasteiger partial charge in [0.25, 0.3) is 5.56 Å². The highest BCUT2D eigenvalue weighted by Crippen LogP contribution is 2.19. The zero-order valence-electron chi connectivity index (χ0n) is 15.0. The Labute approximate surface area is 156 Å². The normalized spacial score (nSPS) is 10.7. The second-order valence-electron chi connectivity index (χ2n) is 6.30. The van der Waals surface area contributed by atoms with Gasteiger partial charge in [0.1, 0.15) is 11.6 Å². The maximum absolute atomic E-state index is 12.9. The van der Waals surface area contributed by atoms with E-state index < -0.39 is 0 Å². The van der Waals surface area contributed by atoms with Crippen LogP contribution in [0.15, 0.2) is 53.3 Å². The van der Waals surface area contributed by atoms with Crippen molar-refractivity contribution < 1.29 is 13.9 Å². The van der Waals surface area contributed by atoms with Crippen molar-refractivity contribution in [2.24, 2.45) is 0 Å². The summed E-state index contributed by atoms with van der Waals surface area (Å²) < 4.78 is 18.1. The monoisotopic (exact) mass is 368 g/mol. The molecule has 5 nitrogen and oxygen atoms in total. The van der Waals surface area contributed by atoms with Crippen molar-refractivity contribution in [1.29, 1.82) is 0 Å². The zero-order valence-corrected chi connectivity index (χ0v) is 15.0. The molecule has 0 spiro atoms. The van der Waals surface area contributed by atoms with Gasteiger partial charge in [0.15, 0.2) is 0 Å². The van der Waals surface area contributed by atoms with Crippen molar-refractivity contribution in [3.05, 3.63) is 75.8 Å². The van der Waals surface area contributed by atoms with Crippen LogP contribution >= 0.6 is 0 Å². The molecule has 0 aliphatic carbocycles. The van der Waals surface area contributed by atoms with E-state index in [1.807, 2.05) is 6.07 Å². The fourth-order valence-corrected chi connectivity index (χ4v) is 2.88. The second kappa shape index (κ2) is 8.49. The lowest BCUT2D eigenvalue weighted by atomic mass is 10.1. The first kappa shape index (κ1) is 18.6. The molecule has 0 unspecified atom stereocenters. The molecular formula is C21H21FN2O3. The quantitative estimate of drug-likeness (QED) is 0.674. The number of ether oxygens (including phenoxy) is 1. The summed E-state index contributed by atoms with van der Waals surface area (Å²) in [4.78, 5) is 27.0. The molecule has 0 fully saturated rings. The summed E-state index contributed by atoms with van der Waals surface area (Å²) in [6.45, 7) is 0.468. The van der Waals surface area contributed by atoms with E-state index in [-0.39, 0.29) is 23.7 Å². The summed E-state index contributed by atoms with van der Waals surface area (Å²) in [6.07, 6.45) is 1.20. The molecule has 3 aromatic rings. The van der Waals surface area contributed by atoms with Gasteiger partial charge in [0.05, 0.1) is 7.11 Å². The Balaban J connectivity index is 1.55. The fraction of sp³-hybridized carbons (Fsp3) is 0.238. The van der Waals surface area contributed by atoms with E-state index in [4.69, 9.17) is 4.74 Å². The zero-order chi connectivity index (χ0) is 19.2. The number of carbonyl (C=O) groups excluding carboxylic acids is 1. The van der Waals surface area contributed by atoms with Crippen LogP contribution in [0.3, 0.4) is 0 Å². The smallest absolute Gasteiger partial charge is 0.251 e. The van der Waals surface area contributed by atoms with Crippen LogP contribution in [0.5, 0.6) is 5.75 Å². The first-order valence-electron chi connectivity index (χ1n) is 8.76. The van der Waals surface area contributed by atoms with E-state index in [0.29, 0.717) is 30.7 Å². The molecule has 6 heteroatoms. The molecule has 0 aliphatic heterocycles. The number of pyridine rings is 1. The van der Waals surface area contributed by atoms with E-state index in [9.17, 15) is 14.0 Å². The number of aryl methyl sites for hydroxylation is 1. The Morgan fingerprint density at radius 3 is 2.63 bits per heavy atom. The molecule has 0 radical (unpaired) electrons. The Hall–Kier alpha value is -3.15. The summed E-state index contributed by atoms with van der Waals surface area (Å²) in [5.74, 6) is 0.308. The van der Waals surface area contributed by atoms with E-state index >= 15 is 0 Å². The van der Waals surface area contributed by atoms with Gasteiger partial charge in [0.2, 0.25) is 5.91 Å². The van der Waals surface area contributed by atoms with Gasteiger partial charge in [-0.1, -0.05) is 12.1 Å². The highest BCUT2D eigenvalue weighted by Gasteiger charge is 2.07. The molecule has 0 saturated heterocycles. The first-order valence-corrected chi connectivity index (χ1v) is 8.76. The van der Waals surface area contributed by atoms with Crippen LogP contribution < -0.4 is 15.6 Å². The van der Waals surface area contributed by atoms with Crippen LogP contribution in [0.4, 0.5) is 4.39 Å². The molecule has 2 N–H and O–H groups in total. The van der Waals surface area contributed by atoms with Crippen LogP contribution in [0.1, 0.15) is 17.5 Å². The molecule has 1 heterocycles. The van der Waals surface area contributed by atoms with Crippen molar-refractivity contribution in [2.75, 3.05) is 13.7 Å². The summed E-state index contributed by atoms with van der Waals surface area (Å²) >= 11 is 0. The molecule has 1 aromatic heterocycles. The SMILES string of the molecule is COc1ccc2[nH]c(=O)c(CCC(=O)NCCc3ccc(F)cc3)cc2c1. The van der Waals surface area contributed by atoms with Gasteiger partial charge in [-0.2, -0.15) is 0 Å². The van der Waals surface area contributed by atoms with Crippen molar-refractivity contribution in [1.82, 2.24) is 10.3 Å². The van der Waals surface area contributed by atoms with Gasteiger partial charge in [-0.15, -0.1) is 0 Å². The molecule has 140 valence electrons. The van der Waals surface area contributed by atoms with Crippen LogP contribution in [0.25, 0.3) is 10.9 Å². The summed E-state index contributed by atoms with van der Waals surface area (Å²) in [6, 6.07) is 13.4. The first-order chi connectivity index (χ1) is 13.0. The molecule has 3 rings (SSSR count). The molecule has 1 amide bonds. The number of amides is 1. The lowest BCUT2D eigenvalue weighted by molar-refractivity contribution is -0.121. The predicted molar refractivity (Wildman–Crippen MR) is 103 cm³/mol. The van der Waals surface area contributed by atoms with Crippen LogP contribution in [-0.4, -0.2) is 24.5 Å². The summed E-state index contributed by atoms with van der Waals surface area (Å²) in [7, 11) is 1.59. The van der Waals surface area contributed by atoms with E-state index in [2.05, 4.69) is 10.3 Å². The number of halogens is 1. The number of hydrogen-bond acceptors (Lipinski definition) is 3. The Kier molecular flexibility index (Phi) is 5.86. The fourth-order valence-electron chi connectivity index (χ4n) is 2.88. The minimum absolute atomic E-state index is 0.123. The average Bonchev–Trinajstić information content (AvgIpc) is 2.67. The lowest BCUT2D eigenvalue weighted by Gasteiger charge is -2.07. The third kappa shape index (κ3) is 4.94. The maximum atomic E-state index is 12.9. The van der Waals surface area contributed by atoms with E-state index in [1.165, 1.54) is 12.1 Å². The molecule has 0 saturated carbocycles. The van der Waals surface area contributed by atoms with Crippen molar-refractivity contribution in [3.8, 4) is 5.75 Å². The number of aromatic nitrogens is 1. The largest absolute Gasteiger partial charge is 0.497 e. The van der Waals surface area contributed by atoms with E-state index in [1.54, 1.807) is 37.4 Å². The third-order valence-electron chi connectivity index (χ3n) is 4.40. The van der Waals surface area contributed by atoms with Gasteiger partial charge < -0.3 is 15.0 Å².